The Kier molecular flexibility index (Phi) is 3.52. The van der Waals surface area contributed by atoms with Crippen molar-refractivity contribution in [1.82, 2.24) is 10.2 Å². The highest BCUT2D eigenvalue weighted by atomic mass is 15.2. The molecule has 2 heterocycles. The van der Waals surface area contributed by atoms with Crippen molar-refractivity contribution in [2.24, 2.45) is 5.41 Å². The van der Waals surface area contributed by atoms with Crippen molar-refractivity contribution in [2.75, 3.05) is 19.6 Å². The van der Waals surface area contributed by atoms with Gasteiger partial charge in [-0.05, 0) is 93.5 Å². The Morgan fingerprint density at radius 1 is 0.957 bits per heavy atom. The Morgan fingerprint density at radius 2 is 1.70 bits per heavy atom. The first-order valence-corrected chi connectivity index (χ1v) is 9.90. The number of nitrogens with one attached hydrogen (secondary N) is 1. The van der Waals surface area contributed by atoms with Gasteiger partial charge in [-0.15, -0.1) is 0 Å². The molecule has 0 amide bonds. The van der Waals surface area contributed by atoms with Gasteiger partial charge in [-0.3, -0.25) is 4.90 Å². The van der Waals surface area contributed by atoms with Crippen molar-refractivity contribution in [3.63, 3.8) is 0 Å². The lowest BCUT2D eigenvalue weighted by atomic mass is 9.60. The number of rotatable bonds is 3. The molecule has 1 unspecified atom stereocenters. The molecule has 2 aliphatic heterocycles. The average molecular weight is 310 g/mol. The largest absolute Gasteiger partial charge is 0.317 e. The third kappa shape index (κ3) is 2.55. The van der Waals surface area contributed by atoms with Gasteiger partial charge in [0.15, 0.2) is 0 Å². The highest BCUT2D eigenvalue weighted by Crippen LogP contribution is 2.53. The van der Waals surface area contributed by atoms with Gasteiger partial charge in [-0.25, -0.2) is 0 Å². The summed E-state index contributed by atoms with van der Waals surface area (Å²) in [6, 6.07) is 11.0. The number of piperidine rings is 1. The monoisotopic (exact) mass is 310 g/mol. The van der Waals surface area contributed by atoms with Crippen LogP contribution in [0.25, 0.3) is 0 Å². The minimum Gasteiger partial charge on any atom is -0.317 e. The molecule has 2 saturated heterocycles. The van der Waals surface area contributed by atoms with E-state index in [1.54, 1.807) is 11.1 Å². The first-order valence-electron chi connectivity index (χ1n) is 9.90. The molecule has 1 spiro atoms. The Hall–Kier alpha value is -0.860. The van der Waals surface area contributed by atoms with E-state index in [9.17, 15) is 0 Å². The highest BCUT2D eigenvalue weighted by molar-refractivity contribution is 5.36. The molecule has 0 aromatic heterocycles. The van der Waals surface area contributed by atoms with Crippen molar-refractivity contribution in [3.8, 4) is 0 Å². The van der Waals surface area contributed by atoms with Gasteiger partial charge in [0.2, 0.25) is 0 Å². The number of likely N-dealkylation sites (tertiary alicyclic amines) is 1. The van der Waals surface area contributed by atoms with Gasteiger partial charge in [0.1, 0.15) is 0 Å². The van der Waals surface area contributed by atoms with E-state index < -0.39 is 0 Å². The zero-order chi connectivity index (χ0) is 15.3. The van der Waals surface area contributed by atoms with Crippen LogP contribution in [0.2, 0.25) is 0 Å². The van der Waals surface area contributed by atoms with Crippen LogP contribution in [0.15, 0.2) is 24.3 Å². The van der Waals surface area contributed by atoms with Crippen LogP contribution in [0.3, 0.4) is 0 Å². The molecule has 5 rings (SSSR count). The van der Waals surface area contributed by atoms with E-state index in [4.69, 9.17) is 0 Å². The van der Waals surface area contributed by atoms with Crippen LogP contribution in [0.4, 0.5) is 0 Å². The molecule has 2 saturated carbocycles. The Labute approximate surface area is 140 Å². The molecule has 4 fully saturated rings. The summed E-state index contributed by atoms with van der Waals surface area (Å²) in [4.78, 5) is 2.90. The van der Waals surface area contributed by atoms with Crippen molar-refractivity contribution < 1.29 is 0 Å². The molecule has 1 N–H and O–H groups in total. The van der Waals surface area contributed by atoms with Crippen molar-refractivity contribution >= 4 is 0 Å². The van der Waals surface area contributed by atoms with E-state index in [-0.39, 0.29) is 0 Å². The lowest BCUT2D eigenvalue weighted by Crippen LogP contribution is -2.54. The third-order valence-electron chi connectivity index (χ3n) is 7.14. The molecule has 2 aliphatic carbocycles. The van der Waals surface area contributed by atoms with Crippen LogP contribution in [-0.4, -0.2) is 30.6 Å². The summed E-state index contributed by atoms with van der Waals surface area (Å²) in [5.41, 5.74) is 4.07. The summed E-state index contributed by atoms with van der Waals surface area (Å²) in [5.74, 6) is 0.880. The topological polar surface area (TPSA) is 15.3 Å². The first kappa shape index (κ1) is 14.5. The van der Waals surface area contributed by atoms with Crippen LogP contribution in [0.1, 0.15) is 74.5 Å². The van der Waals surface area contributed by atoms with E-state index >= 15 is 0 Å². The van der Waals surface area contributed by atoms with E-state index in [2.05, 4.69) is 34.5 Å². The third-order valence-corrected chi connectivity index (χ3v) is 7.14. The Bertz CT molecular complexity index is 563. The summed E-state index contributed by atoms with van der Waals surface area (Å²) in [5, 5.41) is 3.54. The second kappa shape index (κ2) is 5.60. The number of hydrogen-bond donors (Lipinski definition) is 1. The van der Waals surface area contributed by atoms with E-state index in [0.717, 1.165) is 18.0 Å². The smallest absolute Gasteiger partial charge is 0.0354 e. The van der Waals surface area contributed by atoms with Gasteiger partial charge < -0.3 is 5.32 Å². The number of nitrogens with zero attached hydrogens (tertiary/aromatic N) is 1. The summed E-state index contributed by atoms with van der Waals surface area (Å²) < 4.78 is 0. The summed E-state index contributed by atoms with van der Waals surface area (Å²) in [7, 11) is 0. The SMILES string of the molecule is c1ccc(C2CCCN2C2CC3(CCNCC3)C2)c(C2CC2)c1. The van der Waals surface area contributed by atoms with Gasteiger partial charge in [0.25, 0.3) is 0 Å². The van der Waals surface area contributed by atoms with Gasteiger partial charge in [0, 0.05) is 12.1 Å². The van der Waals surface area contributed by atoms with Gasteiger partial charge >= 0.3 is 0 Å². The fraction of sp³-hybridized carbons (Fsp3) is 0.714. The van der Waals surface area contributed by atoms with Crippen molar-refractivity contribution in [3.05, 3.63) is 35.4 Å². The van der Waals surface area contributed by atoms with Crippen LogP contribution in [0, 0.1) is 5.41 Å². The molecular weight excluding hydrogens is 280 g/mol. The zero-order valence-electron chi connectivity index (χ0n) is 14.3. The standard InChI is InChI=1S/C21H30N2/c1-2-5-19(18(4-1)16-7-8-16)20-6-3-13-23(20)17-14-21(15-17)9-11-22-12-10-21/h1-2,4-5,16-17,20,22H,3,6-15H2. The molecule has 1 atom stereocenters. The zero-order valence-corrected chi connectivity index (χ0v) is 14.3. The lowest BCUT2D eigenvalue weighted by Gasteiger charge is -2.54. The van der Waals surface area contributed by atoms with Gasteiger partial charge in [0.05, 0.1) is 0 Å². The molecular formula is C21H30N2. The number of benzene rings is 1. The van der Waals surface area contributed by atoms with Crippen molar-refractivity contribution in [2.45, 2.75) is 69.4 Å². The van der Waals surface area contributed by atoms with E-state index in [0.29, 0.717) is 5.41 Å². The molecule has 4 aliphatic rings. The number of hydrogen-bond acceptors (Lipinski definition) is 2. The molecule has 2 heteroatoms. The summed E-state index contributed by atoms with van der Waals surface area (Å²) in [6.45, 7) is 3.84. The quantitative estimate of drug-likeness (QED) is 0.898. The molecule has 1 aromatic rings. The van der Waals surface area contributed by atoms with E-state index in [1.165, 1.54) is 71.0 Å². The predicted octanol–water partition coefficient (Wildman–Crippen LogP) is 4.23. The molecule has 1 aromatic carbocycles. The van der Waals surface area contributed by atoms with Gasteiger partial charge in [-0.2, -0.15) is 0 Å². The van der Waals surface area contributed by atoms with Crippen LogP contribution in [-0.2, 0) is 0 Å². The second-order valence-corrected chi connectivity index (χ2v) is 8.61. The predicted molar refractivity (Wildman–Crippen MR) is 94.7 cm³/mol. The maximum atomic E-state index is 3.54. The van der Waals surface area contributed by atoms with Crippen LogP contribution >= 0.6 is 0 Å². The van der Waals surface area contributed by atoms with E-state index in [1.807, 2.05) is 0 Å². The van der Waals surface area contributed by atoms with Crippen molar-refractivity contribution in [1.29, 1.82) is 0 Å². The van der Waals surface area contributed by atoms with Crippen LogP contribution in [0.5, 0.6) is 0 Å². The molecule has 0 bridgehead atoms. The minimum atomic E-state index is 0.707. The molecule has 2 nitrogen and oxygen atoms in total. The second-order valence-electron chi connectivity index (χ2n) is 8.61. The molecule has 23 heavy (non-hydrogen) atoms. The van der Waals surface area contributed by atoms with Crippen LogP contribution < -0.4 is 5.32 Å². The maximum absolute atomic E-state index is 3.54. The summed E-state index contributed by atoms with van der Waals surface area (Å²) in [6.07, 6.45) is 11.4. The Balaban J connectivity index is 1.34. The highest BCUT2D eigenvalue weighted by Gasteiger charge is 2.49. The Morgan fingerprint density at radius 3 is 2.43 bits per heavy atom. The molecule has 0 radical (unpaired) electrons. The normalized spacial score (nSPS) is 31.4. The average Bonchev–Trinajstić information content (AvgIpc) is 3.31. The minimum absolute atomic E-state index is 0.707. The fourth-order valence-electron chi connectivity index (χ4n) is 5.68. The lowest BCUT2D eigenvalue weighted by molar-refractivity contribution is -0.0265. The fourth-order valence-corrected chi connectivity index (χ4v) is 5.68. The summed E-state index contributed by atoms with van der Waals surface area (Å²) >= 11 is 0. The first-order chi connectivity index (χ1) is 11.3. The van der Waals surface area contributed by atoms with Gasteiger partial charge in [-0.1, -0.05) is 24.3 Å². The maximum Gasteiger partial charge on any atom is 0.0354 e. The molecule has 124 valence electrons.